The van der Waals surface area contributed by atoms with E-state index in [0.29, 0.717) is 19.1 Å². The summed E-state index contributed by atoms with van der Waals surface area (Å²) in [7, 11) is 1.53. The molecular weight excluding hydrogens is 386 g/mol. The topological polar surface area (TPSA) is 65.4 Å². The van der Waals surface area contributed by atoms with Crippen LogP contribution in [0.15, 0.2) is 47.5 Å². The van der Waals surface area contributed by atoms with E-state index in [1.54, 1.807) is 4.57 Å². The van der Waals surface area contributed by atoms with E-state index in [4.69, 9.17) is 15.4 Å². The molecule has 1 atom stereocenters. The van der Waals surface area contributed by atoms with Gasteiger partial charge in [0.05, 0.1) is 6.61 Å². The monoisotopic (exact) mass is 411 g/mol. The van der Waals surface area contributed by atoms with Gasteiger partial charge in [-0.25, -0.2) is 13.2 Å². The van der Waals surface area contributed by atoms with E-state index in [0.717, 1.165) is 31.2 Å². The summed E-state index contributed by atoms with van der Waals surface area (Å²) < 4.78 is 30.5. The number of aromatic nitrogens is 1. The third-order valence-electron chi connectivity index (χ3n) is 4.55. The lowest BCUT2D eigenvalue weighted by atomic mass is 10.0. The number of unbranched alkanes of at least 4 members (excludes halogenated alkanes) is 1. The van der Waals surface area contributed by atoms with Crippen molar-refractivity contribution >= 4 is 25.7 Å². The van der Waals surface area contributed by atoms with Gasteiger partial charge in [-0.15, -0.1) is 0 Å². The van der Waals surface area contributed by atoms with Crippen molar-refractivity contribution in [1.29, 1.82) is 0 Å². The number of nitrogens with zero attached hydrogens (tertiary/aromatic N) is 1. The molecule has 0 N–H and O–H groups in total. The Hall–Kier alpha value is -1.79. The Kier molecular flexibility index (Phi) is 7.92. The van der Waals surface area contributed by atoms with Gasteiger partial charge in [-0.2, -0.15) is 0 Å². The first-order chi connectivity index (χ1) is 12.8. The third-order valence-corrected chi connectivity index (χ3v) is 5.87. The summed E-state index contributed by atoms with van der Waals surface area (Å²) in [5.74, 6) is -0.227. The van der Waals surface area contributed by atoms with Crippen LogP contribution in [0.25, 0.3) is 0 Å². The molecule has 1 unspecified atom stereocenters. The fourth-order valence-corrected chi connectivity index (χ4v) is 3.62. The van der Waals surface area contributed by atoms with E-state index in [2.05, 4.69) is 13.8 Å². The smallest absolute Gasteiger partial charge is 0.355 e. The molecule has 0 spiro atoms. The molecule has 0 aliphatic carbocycles. The SMILES string of the molecule is CCCCC(CC)COC(=O)c1cc(S(=O)(=O)Cl)cn1Cc1ccccc1. The molecule has 0 amide bonds. The van der Waals surface area contributed by atoms with Gasteiger partial charge in [0.2, 0.25) is 0 Å². The summed E-state index contributed by atoms with van der Waals surface area (Å²) in [4.78, 5) is 12.5. The lowest BCUT2D eigenvalue weighted by molar-refractivity contribution is 0.0416. The maximum absolute atomic E-state index is 12.6. The summed E-state index contributed by atoms with van der Waals surface area (Å²) in [6, 6.07) is 10.7. The van der Waals surface area contributed by atoms with Gasteiger partial charge in [-0.3, -0.25) is 0 Å². The zero-order chi connectivity index (χ0) is 19.9. The number of hydrogen-bond acceptors (Lipinski definition) is 4. The number of esters is 1. The fraction of sp³-hybridized carbons (Fsp3) is 0.450. The Morgan fingerprint density at radius 1 is 1.22 bits per heavy atom. The average Bonchev–Trinajstić information content (AvgIpc) is 3.07. The van der Waals surface area contributed by atoms with E-state index in [1.165, 1.54) is 12.3 Å². The van der Waals surface area contributed by atoms with E-state index in [1.807, 2.05) is 30.3 Å². The van der Waals surface area contributed by atoms with Crippen LogP contribution < -0.4 is 0 Å². The summed E-state index contributed by atoms with van der Waals surface area (Å²) in [5, 5.41) is 0. The molecule has 1 aromatic carbocycles. The highest BCUT2D eigenvalue weighted by atomic mass is 35.7. The Labute approximate surface area is 165 Å². The number of carbonyl (C=O) groups is 1. The van der Waals surface area contributed by atoms with Crippen LogP contribution in [0, 0.1) is 5.92 Å². The largest absolute Gasteiger partial charge is 0.461 e. The fourth-order valence-electron chi connectivity index (χ4n) is 2.86. The van der Waals surface area contributed by atoms with Gasteiger partial charge in [0, 0.05) is 23.4 Å². The third kappa shape index (κ3) is 6.40. The van der Waals surface area contributed by atoms with Crippen LogP contribution >= 0.6 is 10.7 Å². The normalized spacial score (nSPS) is 12.7. The first-order valence-corrected chi connectivity index (χ1v) is 11.5. The number of ether oxygens (including phenoxy) is 1. The molecule has 2 aromatic rings. The molecule has 0 aliphatic heterocycles. The maximum Gasteiger partial charge on any atom is 0.355 e. The molecule has 0 radical (unpaired) electrons. The highest BCUT2D eigenvalue weighted by Crippen LogP contribution is 2.21. The molecule has 5 nitrogen and oxygen atoms in total. The molecule has 27 heavy (non-hydrogen) atoms. The Balaban J connectivity index is 2.20. The molecule has 1 heterocycles. The van der Waals surface area contributed by atoms with Crippen LogP contribution in [0.5, 0.6) is 0 Å². The van der Waals surface area contributed by atoms with E-state index in [9.17, 15) is 13.2 Å². The van der Waals surface area contributed by atoms with Gasteiger partial charge >= 0.3 is 5.97 Å². The van der Waals surface area contributed by atoms with E-state index >= 15 is 0 Å². The van der Waals surface area contributed by atoms with Gasteiger partial charge in [0.1, 0.15) is 10.6 Å². The van der Waals surface area contributed by atoms with Crippen molar-refractivity contribution in [1.82, 2.24) is 4.57 Å². The number of benzene rings is 1. The molecule has 0 saturated heterocycles. The van der Waals surface area contributed by atoms with Crippen molar-refractivity contribution in [2.75, 3.05) is 6.61 Å². The molecule has 0 fully saturated rings. The lowest BCUT2D eigenvalue weighted by Gasteiger charge is -2.15. The summed E-state index contributed by atoms with van der Waals surface area (Å²) >= 11 is 0. The van der Waals surface area contributed by atoms with Crippen LogP contribution in [0.3, 0.4) is 0 Å². The second kappa shape index (κ2) is 9.95. The minimum absolute atomic E-state index is 0.106. The molecular formula is C20H26ClNO4S. The first-order valence-electron chi connectivity index (χ1n) is 9.21. The van der Waals surface area contributed by atoms with Crippen molar-refractivity contribution in [3.05, 3.63) is 53.9 Å². The Morgan fingerprint density at radius 3 is 2.52 bits per heavy atom. The van der Waals surface area contributed by atoms with Crippen LogP contribution in [0.4, 0.5) is 0 Å². The molecule has 7 heteroatoms. The van der Waals surface area contributed by atoms with Crippen molar-refractivity contribution < 1.29 is 17.9 Å². The quantitative estimate of drug-likeness (QED) is 0.414. The zero-order valence-electron chi connectivity index (χ0n) is 15.7. The van der Waals surface area contributed by atoms with Gasteiger partial charge < -0.3 is 9.30 Å². The standard InChI is InChI=1S/C20H26ClNO4S/c1-3-5-9-16(4-2)15-26-20(23)19-12-18(27(21,24)25)14-22(19)13-17-10-7-6-8-11-17/h6-8,10-12,14,16H,3-5,9,13,15H2,1-2H3. The molecule has 0 aliphatic rings. The number of rotatable bonds is 10. The van der Waals surface area contributed by atoms with Crippen LogP contribution in [-0.4, -0.2) is 25.6 Å². The molecule has 148 valence electrons. The number of carbonyl (C=O) groups excluding carboxylic acids is 1. The molecule has 1 aromatic heterocycles. The van der Waals surface area contributed by atoms with Crippen LogP contribution in [0.2, 0.25) is 0 Å². The van der Waals surface area contributed by atoms with Crippen LogP contribution in [0.1, 0.15) is 55.6 Å². The van der Waals surface area contributed by atoms with Gasteiger partial charge in [0.15, 0.2) is 0 Å². The first kappa shape index (κ1) is 21.5. The Bertz CT molecular complexity index is 846. The molecule has 0 saturated carbocycles. The molecule has 2 rings (SSSR count). The van der Waals surface area contributed by atoms with Crippen molar-refractivity contribution in [3.8, 4) is 0 Å². The predicted octanol–water partition coefficient (Wildman–Crippen LogP) is 4.84. The lowest BCUT2D eigenvalue weighted by Crippen LogP contribution is -2.17. The second-order valence-electron chi connectivity index (χ2n) is 6.63. The number of halogens is 1. The maximum atomic E-state index is 12.6. The van der Waals surface area contributed by atoms with Crippen LogP contribution in [-0.2, 0) is 20.3 Å². The van der Waals surface area contributed by atoms with Gasteiger partial charge in [-0.05, 0) is 24.0 Å². The summed E-state index contributed by atoms with van der Waals surface area (Å²) in [5.41, 5.74) is 1.12. The van der Waals surface area contributed by atoms with Gasteiger partial charge in [0.25, 0.3) is 9.05 Å². The van der Waals surface area contributed by atoms with Crippen molar-refractivity contribution in [3.63, 3.8) is 0 Å². The van der Waals surface area contributed by atoms with Crippen molar-refractivity contribution in [2.24, 2.45) is 5.92 Å². The average molecular weight is 412 g/mol. The summed E-state index contributed by atoms with van der Waals surface area (Å²) in [6.07, 6.45) is 5.50. The predicted molar refractivity (Wildman–Crippen MR) is 107 cm³/mol. The minimum Gasteiger partial charge on any atom is -0.461 e. The Morgan fingerprint density at radius 2 is 1.93 bits per heavy atom. The number of hydrogen-bond donors (Lipinski definition) is 0. The zero-order valence-corrected chi connectivity index (χ0v) is 17.3. The summed E-state index contributed by atoms with van der Waals surface area (Å²) in [6.45, 7) is 4.88. The van der Waals surface area contributed by atoms with E-state index in [-0.39, 0.29) is 10.6 Å². The highest BCUT2D eigenvalue weighted by Gasteiger charge is 2.22. The minimum atomic E-state index is -3.93. The van der Waals surface area contributed by atoms with Crippen molar-refractivity contribution in [2.45, 2.75) is 51.0 Å². The molecule has 0 bridgehead atoms. The van der Waals surface area contributed by atoms with Gasteiger partial charge in [-0.1, -0.05) is 63.4 Å². The van der Waals surface area contributed by atoms with E-state index < -0.39 is 15.0 Å². The second-order valence-corrected chi connectivity index (χ2v) is 9.19. The highest BCUT2D eigenvalue weighted by molar-refractivity contribution is 8.13.